The van der Waals surface area contributed by atoms with Crippen LogP contribution in [-0.2, 0) is 20.9 Å². The van der Waals surface area contributed by atoms with Crippen LogP contribution in [0.2, 0.25) is 10.0 Å². The molecule has 0 fully saturated rings. The molecule has 1 aromatic carbocycles. The van der Waals surface area contributed by atoms with Crippen LogP contribution in [0.15, 0.2) is 27.4 Å². The standard InChI is InChI=1S/C13H13Cl2O5PS/c1-3-17-21(22,18-4-2)20-11-6-8-5-9(14)7-10(15)12(8)19-13(11)16/h5-7H,3-4H2,1-2H3. The van der Waals surface area contributed by atoms with Crippen molar-refractivity contribution in [2.24, 2.45) is 0 Å². The topological polar surface area (TPSA) is 57.9 Å². The Hall–Kier alpha value is -0.620. The van der Waals surface area contributed by atoms with Gasteiger partial charge in [0.15, 0.2) is 5.58 Å². The van der Waals surface area contributed by atoms with Gasteiger partial charge in [0.2, 0.25) is 5.75 Å². The van der Waals surface area contributed by atoms with E-state index in [1.807, 2.05) is 0 Å². The second-order valence-electron chi connectivity index (χ2n) is 4.08. The Bertz CT molecular complexity index is 782. The molecule has 1 heterocycles. The Morgan fingerprint density at radius 2 is 1.82 bits per heavy atom. The molecule has 0 aliphatic rings. The van der Waals surface area contributed by atoms with Gasteiger partial charge in [-0.15, -0.1) is 0 Å². The fraction of sp³-hybridized carbons (Fsp3) is 0.308. The third-order valence-electron chi connectivity index (χ3n) is 2.50. The van der Waals surface area contributed by atoms with Crippen LogP contribution in [0.5, 0.6) is 5.75 Å². The van der Waals surface area contributed by atoms with E-state index >= 15 is 0 Å². The van der Waals surface area contributed by atoms with Crippen LogP contribution < -0.4 is 10.1 Å². The van der Waals surface area contributed by atoms with Crippen molar-refractivity contribution in [1.82, 2.24) is 0 Å². The summed E-state index contributed by atoms with van der Waals surface area (Å²) in [6.07, 6.45) is 0. The maximum absolute atomic E-state index is 12.0. The molecule has 0 aliphatic carbocycles. The minimum Gasteiger partial charge on any atom is -0.418 e. The first-order valence-electron chi connectivity index (χ1n) is 6.40. The Labute approximate surface area is 142 Å². The van der Waals surface area contributed by atoms with Gasteiger partial charge < -0.3 is 8.94 Å². The first-order chi connectivity index (χ1) is 10.4. The van der Waals surface area contributed by atoms with Gasteiger partial charge in [-0.05, 0) is 32.0 Å². The second-order valence-corrected chi connectivity index (χ2v) is 7.86. The predicted molar refractivity (Wildman–Crippen MR) is 90.7 cm³/mol. The van der Waals surface area contributed by atoms with Crippen molar-refractivity contribution < 1.29 is 18.0 Å². The summed E-state index contributed by atoms with van der Waals surface area (Å²) in [5, 5.41) is 1.16. The van der Waals surface area contributed by atoms with Gasteiger partial charge >= 0.3 is 12.3 Å². The number of benzene rings is 1. The fourth-order valence-corrected chi connectivity index (χ4v) is 4.33. The van der Waals surface area contributed by atoms with E-state index in [9.17, 15) is 4.79 Å². The van der Waals surface area contributed by atoms with E-state index in [0.717, 1.165) is 0 Å². The van der Waals surface area contributed by atoms with Crippen LogP contribution in [0.1, 0.15) is 13.8 Å². The van der Waals surface area contributed by atoms with Crippen LogP contribution in [0.4, 0.5) is 0 Å². The summed E-state index contributed by atoms with van der Waals surface area (Å²) >= 11 is 17.2. The Balaban J connectivity index is 2.49. The smallest absolute Gasteiger partial charge is 0.380 e. The minimum atomic E-state index is -3.06. The number of rotatable bonds is 6. The van der Waals surface area contributed by atoms with Gasteiger partial charge in [-0.2, -0.15) is 0 Å². The van der Waals surface area contributed by atoms with Crippen molar-refractivity contribution in [2.45, 2.75) is 13.8 Å². The summed E-state index contributed by atoms with van der Waals surface area (Å²) < 4.78 is 21.3. The molecule has 0 amide bonds. The molecule has 0 saturated heterocycles. The van der Waals surface area contributed by atoms with E-state index in [4.69, 9.17) is 53.0 Å². The van der Waals surface area contributed by atoms with Gasteiger partial charge in [0.05, 0.1) is 18.2 Å². The van der Waals surface area contributed by atoms with Gasteiger partial charge in [-0.25, -0.2) is 4.79 Å². The molecule has 9 heteroatoms. The lowest BCUT2D eigenvalue weighted by Crippen LogP contribution is -2.09. The summed E-state index contributed by atoms with van der Waals surface area (Å²) in [5.41, 5.74) is -0.491. The van der Waals surface area contributed by atoms with Gasteiger partial charge in [0.1, 0.15) is 0 Å². The SMILES string of the molecule is CCOP(=S)(OCC)Oc1cc2cc(Cl)cc(Cl)c2oc1=O. The lowest BCUT2D eigenvalue weighted by atomic mass is 10.2. The van der Waals surface area contributed by atoms with Crippen LogP contribution in [0.25, 0.3) is 11.0 Å². The highest BCUT2D eigenvalue weighted by Crippen LogP contribution is 2.49. The monoisotopic (exact) mass is 382 g/mol. The molecule has 0 saturated carbocycles. The predicted octanol–water partition coefficient (Wildman–Crippen LogP) is 4.78. The zero-order valence-corrected chi connectivity index (χ0v) is 15.0. The van der Waals surface area contributed by atoms with Crippen LogP contribution in [-0.4, -0.2) is 13.2 Å². The van der Waals surface area contributed by atoms with Crippen LogP contribution in [0.3, 0.4) is 0 Å². The maximum Gasteiger partial charge on any atom is 0.380 e. The molecule has 2 rings (SSSR count). The van der Waals surface area contributed by atoms with Crippen LogP contribution in [0, 0.1) is 0 Å². The molecule has 0 aliphatic heterocycles. The number of fused-ring (bicyclic) bond motifs is 1. The molecular weight excluding hydrogens is 370 g/mol. The maximum atomic E-state index is 12.0. The van der Waals surface area contributed by atoms with Crippen molar-refractivity contribution in [2.75, 3.05) is 13.2 Å². The molecule has 0 atom stereocenters. The number of halogens is 2. The lowest BCUT2D eigenvalue weighted by Gasteiger charge is -2.20. The van der Waals surface area contributed by atoms with Gasteiger partial charge in [0, 0.05) is 22.2 Å². The molecular formula is C13H13Cl2O5PS. The third kappa shape index (κ3) is 4.02. The Kier molecular flexibility index (Phi) is 5.88. The number of hydrogen-bond acceptors (Lipinski definition) is 6. The fourth-order valence-electron chi connectivity index (χ4n) is 1.73. The largest absolute Gasteiger partial charge is 0.418 e. The first-order valence-corrected chi connectivity index (χ1v) is 9.71. The summed E-state index contributed by atoms with van der Waals surface area (Å²) in [6.45, 7) is 1.05. The van der Waals surface area contributed by atoms with Gasteiger partial charge in [0.25, 0.3) is 0 Å². The number of hydrogen-bond donors (Lipinski definition) is 0. The lowest BCUT2D eigenvalue weighted by molar-refractivity contribution is 0.216. The molecule has 5 nitrogen and oxygen atoms in total. The van der Waals surface area contributed by atoms with E-state index in [1.165, 1.54) is 12.1 Å². The van der Waals surface area contributed by atoms with Crippen molar-refractivity contribution in [3.63, 3.8) is 0 Å². The summed E-state index contributed by atoms with van der Waals surface area (Å²) in [4.78, 5) is 12.0. The average Bonchev–Trinajstić information content (AvgIpc) is 2.41. The van der Waals surface area contributed by atoms with E-state index in [-0.39, 0.29) is 16.4 Å². The summed E-state index contributed by atoms with van der Waals surface area (Å²) in [5.74, 6) is -0.101. The highest BCUT2D eigenvalue weighted by molar-refractivity contribution is 8.07. The van der Waals surface area contributed by atoms with Gasteiger partial charge in [-0.1, -0.05) is 23.2 Å². The minimum absolute atomic E-state index is 0.101. The first kappa shape index (κ1) is 17.7. The highest BCUT2D eigenvalue weighted by Gasteiger charge is 2.24. The molecule has 0 spiro atoms. The summed E-state index contributed by atoms with van der Waals surface area (Å²) in [6, 6.07) is 4.54. The van der Waals surface area contributed by atoms with Crippen LogP contribution >= 0.6 is 29.9 Å². The zero-order valence-electron chi connectivity index (χ0n) is 11.8. The van der Waals surface area contributed by atoms with Crippen molar-refractivity contribution in [3.8, 4) is 5.75 Å². The van der Waals surface area contributed by atoms with E-state index in [1.54, 1.807) is 19.9 Å². The Morgan fingerprint density at radius 1 is 1.18 bits per heavy atom. The molecule has 2 aromatic rings. The molecule has 22 heavy (non-hydrogen) atoms. The quantitative estimate of drug-likeness (QED) is 0.529. The van der Waals surface area contributed by atoms with E-state index in [0.29, 0.717) is 23.6 Å². The zero-order chi connectivity index (χ0) is 16.3. The molecule has 0 N–H and O–H groups in total. The van der Waals surface area contributed by atoms with Crippen molar-refractivity contribution in [1.29, 1.82) is 0 Å². The summed E-state index contributed by atoms with van der Waals surface area (Å²) in [7, 11) is 0. The molecule has 1 aromatic heterocycles. The molecule has 0 radical (unpaired) electrons. The average molecular weight is 383 g/mol. The molecule has 0 bridgehead atoms. The van der Waals surface area contributed by atoms with Gasteiger partial charge in [-0.3, -0.25) is 9.05 Å². The second kappa shape index (κ2) is 7.30. The highest BCUT2D eigenvalue weighted by atomic mass is 35.5. The third-order valence-corrected chi connectivity index (χ3v) is 5.43. The normalized spacial score (nSPS) is 11.8. The molecule has 120 valence electrons. The van der Waals surface area contributed by atoms with Crippen molar-refractivity contribution in [3.05, 3.63) is 38.7 Å². The van der Waals surface area contributed by atoms with E-state index in [2.05, 4.69) is 0 Å². The van der Waals surface area contributed by atoms with E-state index < -0.39 is 12.3 Å². The van der Waals surface area contributed by atoms with Crippen molar-refractivity contribution >= 4 is 52.7 Å². The Morgan fingerprint density at radius 3 is 2.41 bits per heavy atom. The molecule has 0 unspecified atom stereocenters.